The molecule has 0 saturated heterocycles. The van der Waals surface area contributed by atoms with Gasteiger partial charge < -0.3 is 4.74 Å². The summed E-state index contributed by atoms with van der Waals surface area (Å²) < 4.78 is 5.20. The third-order valence-corrected chi connectivity index (χ3v) is 2.99. The van der Waals surface area contributed by atoms with Gasteiger partial charge >= 0.3 is 0 Å². The molecular weight excluding hydrogens is 186 g/mol. The van der Waals surface area contributed by atoms with Gasteiger partial charge in [-0.05, 0) is 17.9 Å². The Morgan fingerprint density at radius 2 is 2.07 bits per heavy atom. The highest BCUT2D eigenvalue weighted by Gasteiger charge is 2.26. The summed E-state index contributed by atoms with van der Waals surface area (Å²) in [6.45, 7) is 2.24. The van der Waals surface area contributed by atoms with Crippen LogP contribution in [0.25, 0.3) is 0 Å². The second-order valence-corrected chi connectivity index (χ2v) is 4.17. The average Bonchev–Trinajstić information content (AvgIpc) is 2.61. The SMILES string of the molecule is COC1=N[C@@H](Cc2ccccc2)[C@H](C)C1. The Hall–Kier alpha value is -1.31. The van der Waals surface area contributed by atoms with Gasteiger partial charge in [-0.15, -0.1) is 0 Å². The summed E-state index contributed by atoms with van der Waals surface area (Å²) in [5, 5.41) is 0. The first-order valence-corrected chi connectivity index (χ1v) is 5.44. The maximum absolute atomic E-state index is 5.20. The number of aliphatic imine (C=N–C) groups is 1. The Bertz CT molecular complexity index is 345. The summed E-state index contributed by atoms with van der Waals surface area (Å²) in [6.07, 6.45) is 2.00. The summed E-state index contributed by atoms with van der Waals surface area (Å²) in [6, 6.07) is 10.9. The van der Waals surface area contributed by atoms with Crippen molar-refractivity contribution in [2.24, 2.45) is 10.9 Å². The van der Waals surface area contributed by atoms with Crippen LogP contribution in [0, 0.1) is 5.92 Å². The highest BCUT2D eigenvalue weighted by molar-refractivity contribution is 5.78. The molecule has 2 heteroatoms. The largest absolute Gasteiger partial charge is 0.484 e. The van der Waals surface area contributed by atoms with E-state index in [9.17, 15) is 0 Å². The molecule has 0 amide bonds. The monoisotopic (exact) mass is 203 g/mol. The van der Waals surface area contributed by atoms with Crippen molar-refractivity contribution >= 4 is 5.90 Å². The van der Waals surface area contributed by atoms with Gasteiger partial charge in [0.05, 0.1) is 13.2 Å². The van der Waals surface area contributed by atoms with Crippen LogP contribution >= 0.6 is 0 Å². The van der Waals surface area contributed by atoms with E-state index in [2.05, 4.69) is 36.2 Å². The van der Waals surface area contributed by atoms with E-state index in [1.165, 1.54) is 5.56 Å². The summed E-state index contributed by atoms with van der Waals surface area (Å²) in [7, 11) is 1.70. The van der Waals surface area contributed by atoms with E-state index >= 15 is 0 Å². The third kappa shape index (κ3) is 2.38. The molecule has 0 spiro atoms. The number of hydrogen-bond donors (Lipinski definition) is 0. The highest BCUT2D eigenvalue weighted by atomic mass is 16.5. The van der Waals surface area contributed by atoms with Crippen LogP contribution in [-0.4, -0.2) is 19.0 Å². The Labute approximate surface area is 91.0 Å². The van der Waals surface area contributed by atoms with E-state index in [-0.39, 0.29) is 0 Å². The van der Waals surface area contributed by atoms with E-state index < -0.39 is 0 Å². The van der Waals surface area contributed by atoms with Gasteiger partial charge in [-0.1, -0.05) is 37.3 Å². The normalized spacial score (nSPS) is 25.1. The molecule has 2 nitrogen and oxygen atoms in total. The van der Waals surface area contributed by atoms with Gasteiger partial charge in [-0.25, -0.2) is 0 Å². The van der Waals surface area contributed by atoms with Crippen molar-refractivity contribution in [2.75, 3.05) is 7.11 Å². The third-order valence-electron chi connectivity index (χ3n) is 2.99. The molecule has 0 bridgehead atoms. The van der Waals surface area contributed by atoms with Crippen molar-refractivity contribution in [3.63, 3.8) is 0 Å². The van der Waals surface area contributed by atoms with Crippen LogP contribution in [-0.2, 0) is 11.2 Å². The fourth-order valence-electron chi connectivity index (χ4n) is 2.01. The van der Waals surface area contributed by atoms with Gasteiger partial charge in [-0.2, -0.15) is 0 Å². The molecule has 0 aliphatic carbocycles. The molecule has 1 aliphatic rings. The zero-order valence-electron chi connectivity index (χ0n) is 9.31. The van der Waals surface area contributed by atoms with Crippen molar-refractivity contribution in [2.45, 2.75) is 25.8 Å². The van der Waals surface area contributed by atoms with Gasteiger partial charge in [0.15, 0.2) is 5.90 Å². The fourth-order valence-corrected chi connectivity index (χ4v) is 2.01. The summed E-state index contributed by atoms with van der Waals surface area (Å²) in [4.78, 5) is 4.58. The predicted molar refractivity (Wildman–Crippen MR) is 62.2 cm³/mol. The van der Waals surface area contributed by atoms with E-state index in [1.807, 2.05) is 6.07 Å². The number of rotatable bonds is 2. The molecule has 1 aromatic rings. The van der Waals surface area contributed by atoms with Crippen molar-refractivity contribution in [3.8, 4) is 0 Å². The molecule has 80 valence electrons. The second-order valence-electron chi connectivity index (χ2n) is 4.17. The zero-order valence-corrected chi connectivity index (χ0v) is 9.31. The Kier molecular flexibility index (Phi) is 3.05. The molecule has 2 atom stereocenters. The molecule has 0 unspecified atom stereocenters. The van der Waals surface area contributed by atoms with Crippen LogP contribution in [0.2, 0.25) is 0 Å². The Morgan fingerprint density at radius 1 is 1.33 bits per heavy atom. The minimum Gasteiger partial charge on any atom is -0.484 e. The summed E-state index contributed by atoms with van der Waals surface area (Å²) in [5.74, 6) is 1.50. The number of nitrogens with zero attached hydrogens (tertiary/aromatic N) is 1. The number of ether oxygens (including phenoxy) is 1. The highest BCUT2D eigenvalue weighted by Crippen LogP contribution is 2.24. The maximum Gasteiger partial charge on any atom is 0.183 e. The first kappa shape index (κ1) is 10.2. The fraction of sp³-hybridized carbons (Fsp3) is 0.462. The minimum absolute atomic E-state index is 0.391. The molecule has 0 saturated carbocycles. The maximum atomic E-state index is 5.20. The number of methoxy groups -OCH3 is 1. The van der Waals surface area contributed by atoms with Crippen molar-refractivity contribution in [1.29, 1.82) is 0 Å². The molecule has 1 heterocycles. The molecule has 0 fully saturated rings. The summed E-state index contributed by atoms with van der Waals surface area (Å²) >= 11 is 0. The quantitative estimate of drug-likeness (QED) is 0.724. The molecule has 0 radical (unpaired) electrons. The van der Waals surface area contributed by atoms with Gasteiger partial charge in [-0.3, -0.25) is 4.99 Å². The molecule has 0 N–H and O–H groups in total. The van der Waals surface area contributed by atoms with E-state index in [1.54, 1.807) is 7.11 Å². The lowest BCUT2D eigenvalue weighted by Crippen LogP contribution is -2.13. The van der Waals surface area contributed by atoms with Gasteiger partial charge in [0.2, 0.25) is 0 Å². The van der Waals surface area contributed by atoms with Crippen molar-refractivity contribution in [1.82, 2.24) is 0 Å². The molecule has 15 heavy (non-hydrogen) atoms. The minimum atomic E-state index is 0.391. The zero-order chi connectivity index (χ0) is 10.7. The molecular formula is C13H17NO. The van der Waals surface area contributed by atoms with E-state index in [0.717, 1.165) is 18.7 Å². The molecule has 0 aromatic heterocycles. The van der Waals surface area contributed by atoms with Gasteiger partial charge in [0, 0.05) is 6.42 Å². The van der Waals surface area contributed by atoms with Gasteiger partial charge in [0.25, 0.3) is 0 Å². The van der Waals surface area contributed by atoms with Gasteiger partial charge in [0.1, 0.15) is 0 Å². The lowest BCUT2D eigenvalue weighted by molar-refractivity contribution is 0.390. The standard InChI is InChI=1S/C13H17NO/c1-10-8-13(15-2)14-12(10)9-11-6-4-3-5-7-11/h3-7,10,12H,8-9H2,1-2H3/t10-,12+/m1/s1. The molecule has 1 aromatic carbocycles. The average molecular weight is 203 g/mol. The summed E-state index contributed by atoms with van der Waals surface area (Å²) in [5.41, 5.74) is 1.36. The topological polar surface area (TPSA) is 21.6 Å². The smallest absolute Gasteiger partial charge is 0.183 e. The van der Waals surface area contributed by atoms with Crippen LogP contribution in [0.3, 0.4) is 0 Å². The Balaban J connectivity index is 2.04. The Morgan fingerprint density at radius 3 is 2.67 bits per heavy atom. The van der Waals surface area contributed by atoms with Crippen LogP contribution in [0.4, 0.5) is 0 Å². The van der Waals surface area contributed by atoms with Crippen molar-refractivity contribution in [3.05, 3.63) is 35.9 Å². The van der Waals surface area contributed by atoms with E-state index in [4.69, 9.17) is 4.74 Å². The van der Waals surface area contributed by atoms with Crippen LogP contribution < -0.4 is 0 Å². The lowest BCUT2D eigenvalue weighted by Gasteiger charge is -2.12. The van der Waals surface area contributed by atoms with E-state index in [0.29, 0.717) is 12.0 Å². The van der Waals surface area contributed by atoms with Crippen LogP contribution in [0.15, 0.2) is 35.3 Å². The number of hydrogen-bond acceptors (Lipinski definition) is 2. The van der Waals surface area contributed by atoms with Crippen LogP contribution in [0.5, 0.6) is 0 Å². The number of benzene rings is 1. The van der Waals surface area contributed by atoms with Crippen molar-refractivity contribution < 1.29 is 4.74 Å². The molecule has 2 rings (SSSR count). The first-order valence-electron chi connectivity index (χ1n) is 5.44. The van der Waals surface area contributed by atoms with Crippen LogP contribution in [0.1, 0.15) is 18.9 Å². The first-order chi connectivity index (χ1) is 7.29. The second kappa shape index (κ2) is 4.47. The molecule has 1 aliphatic heterocycles. The lowest BCUT2D eigenvalue weighted by atomic mass is 9.96. The predicted octanol–water partition coefficient (Wildman–Crippen LogP) is 2.68.